The Labute approximate surface area is 193 Å². The maximum absolute atomic E-state index is 13.2. The highest BCUT2D eigenvalue weighted by Gasteiger charge is 2.25. The molecule has 1 aliphatic heterocycles. The Morgan fingerprint density at radius 1 is 1.03 bits per heavy atom. The van der Waals surface area contributed by atoms with Crippen LogP contribution in [0.5, 0.6) is 11.5 Å². The van der Waals surface area contributed by atoms with Crippen molar-refractivity contribution in [1.29, 1.82) is 0 Å². The maximum Gasteiger partial charge on any atom is 0.256 e. The van der Waals surface area contributed by atoms with Crippen LogP contribution in [0.25, 0.3) is 10.9 Å². The van der Waals surface area contributed by atoms with Crippen molar-refractivity contribution in [2.45, 2.75) is 33.1 Å². The summed E-state index contributed by atoms with van der Waals surface area (Å²) >= 11 is 0. The number of aryl methyl sites for hydroxylation is 2. The molecule has 2 amide bonds. The predicted molar refractivity (Wildman–Crippen MR) is 128 cm³/mol. The quantitative estimate of drug-likeness (QED) is 0.610. The van der Waals surface area contributed by atoms with Crippen LogP contribution in [-0.2, 0) is 11.2 Å². The summed E-state index contributed by atoms with van der Waals surface area (Å²) in [7, 11) is 3.05. The van der Waals surface area contributed by atoms with E-state index in [-0.39, 0.29) is 18.2 Å². The van der Waals surface area contributed by atoms with E-state index in [1.165, 1.54) is 14.2 Å². The van der Waals surface area contributed by atoms with E-state index in [0.29, 0.717) is 35.8 Å². The first-order valence-corrected chi connectivity index (χ1v) is 11.1. The number of anilines is 1. The van der Waals surface area contributed by atoms with Crippen molar-refractivity contribution in [3.63, 3.8) is 0 Å². The lowest BCUT2D eigenvalue weighted by molar-refractivity contribution is -0.115. The Balaban J connectivity index is 1.66. The van der Waals surface area contributed by atoms with Crippen LogP contribution in [-0.4, -0.2) is 49.0 Å². The van der Waals surface area contributed by atoms with E-state index >= 15 is 0 Å². The minimum absolute atomic E-state index is 0.122. The van der Waals surface area contributed by atoms with Crippen molar-refractivity contribution in [3.8, 4) is 11.5 Å². The minimum atomic E-state index is -0.221. The molecule has 2 aromatic carbocycles. The summed E-state index contributed by atoms with van der Waals surface area (Å²) in [4.78, 5) is 32.8. The van der Waals surface area contributed by atoms with Gasteiger partial charge in [0.2, 0.25) is 5.91 Å². The van der Waals surface area contributed by atoms with Gasteiger partial charge in [-0.25, -0.2) is 0 Å². The normalized spacial score (nSPS) is 13.3. The lowest BCUT2D eigenvalue weighted by Gasteiger charge is -2.20. The van der Waals surface area contributed by atoms with Gasteiger partial charge in [0, 0.05) is 30.2 Å². The zero-order valence-electron chi connectivity index (χ0n) is 19.5. The van der Waals surface area contributed by atoms with Gasteiger partial charge in [0.15, 0.2) is 11.5 Å². The number of carbonyl (C=O) groups is 2. The van der Waals surface area contributed by atoms with E-state index in [0.717, 1.165) is 40.6 Å². The molecule has 1 N–H and O–H groups in total. The fourth-order valence-corrected chi connectivity index (χ4v) is 4.44. The summed E-state index contributed by atoms with van der Waals surface area (Å²) in [6.45, 7) is 5.35. The molecule has 1 fully saturated rings. The van der Waals surface area contributed by atoms with Crippen molar-refractivity contribution in [2.75, 3.05) is 32.6 Å². The molecule has 172 valence electrons. The minimum Gasteiger partial charge on any atom is -0.493 e. The van der Waals surface area contributed by atoms with E-state index in [2.05, 4.69) is 10.3 Å². The number of carbonyl (C=O) groups excluding carboxylic acids is 2. The number of para-hydroxylation sites is 1. The molecule has 33 heavy (non-hydrogen) atoms. The SMILES string of the molecule is COc1cc(NC(=O)Cc2c(C)nc3ccccc3c2C)c(C(=O)N2CCCC2)cc1OC. The van der Waals surface area contributed by atoms with Crippen LogP contribution >= 0.6 is 0 Å². The molecule has 4 rings (SSSR count). The molecule has 0 aliphatic carbocycles. The predicted octanol–water partition coefficient (Wildman–Crippen LogP) is 4.29. The average Bonchev–Trinajstić information content (AvgIpc) is 3.36. The third-order valence-electron chi connectivity index (χ3n) is 6.24. The average molecular weight is 448 g/mol. The van der Waals surface area contributed by atoms with Crippen molar-refractivity contribution in [3.05, 3.63) is 58.8 Å². The molecule has 0 radical (unpaired) electrons. The number of pyridine rings is 1. The Hall–Kier alpha value is -3.61. The molecular formula is C26H29N3O4. The van der Waals surface area contributed by atoms with Crippen LogP contribution in [0.4, 0.5) is 5.69 Å². The third-order valence-corrected chi connectivity index (χ3v) is 6.24. The summed E-state index contributed by atoms with van der Waals surface area (Å²) in [5.74, 6) is 0.554. The number of ether oxygens (including phenoxy) is 2. The van der Waals surface area contributed by atoms with Gasteiger partial charge in [0.05, 0.1) is 37.4 Å². The van der Waals surface area contributed by atoms with E-state index in [1.807, 2.05) is 38.1 Å². The summed E-state index contributed by atoms with van der Waals surface area (Å²) in [6.07, 6.45) is 2.11. The Kier molecular flexibility index (Phi) is 6.49. The highest BCUT2D eigenvalue weighted by Crippen LogP contribution is 2.35. The monoisotopic (exact) mass is 447 g/mol. The van der Waals surface area contributed by atoms with Gasteiger partial charge in [-0.1, -0.05) is 18.2 Å². The lowest BCUT2D eigenvalue weighted by Crippen LogP contribution is -2.29. The van der Waals surface area contributed by atoms with Crippen LogP contribution in [0.2, 0.25) is 0 Å². The number of hydrogen-bond acceptors (Lipinski definition) is 5. The van der Waals surface area contributed by atoms with E-state index in [1.54, 1.807) is 17.0 Å². The number of nitrogens with one attached hydrogen (secondary N) is 1. The van der Waals surface area contributed by atoms with Crippen molar-refractivity contribution < 1.29 is 19.1 Å². The fraction of sp³-hybridized carbons (Fsp3) is 0.346. The first-order valence-electron chi connectivity index (χ1n) is 11.1. The lowest BCUT2D eigenvalue weighted by atomic mass is 9.99. The molecule has 1 saturated heterocycles. The van der Waals surface area contributed by atoms with Gasteiger partial charge in [0.1, 0.15) is 0 Å². The largest absolute Gasteiger partial charge is 0.493 e. The van der Waals surface area contributed by atoms with Crippen molar-refractivity contribution in [2.24, 2.45) is 0 Å². The number of rotatable bonds is 6. The third kappa shape index (κ3) is 4.49. The fourth-order valence-electron chi connectivity index (χ4n) is 4.44. The number of amides is 2. The van der Waals surface area contributed by atoms with Crippen LogP contribution in [0.15, 0.2) is 36.4 Å². The molecule has 7 heteroatoms. The first-order chi connectivity index (χ1) is 15.9. The molecule has 0 saturated carbocycles. The zero-order chi connectivity index (χ0) is 23.5. The van der Waals surface area contributed by atoms with Crippen molar-refractivity contribution >= 4 is 28.4 Å². The maximum atomic E-state index is 13.2. The van der Waals surface area contributed by atoms with E-state index < -0.39 is 0 Å². The van der Waals surface area contributed by atoms with E-state index in [4.69, 9.17) is 9.47 Å². The first kappa shape index (κ1) is 22.6. The van der Waals surface area contributed by atoms with Crippen molar-refractivity contribution in [1.82, 2.24) is 9.88 Å². The smallest absolute Gasteiger partial charge is 0.256 e. The molecule has 0 spiro atoms. The summed E-state index contributed by atoms with van der Waals surface area (Å²) in [5, 5.41) is 3.97. The molecule has 1 aliphatic rings. The standard InChI is InChI=1S/C26H29N3O4/c1-16-18-9-5-6-10-21(18)27-17(2)19(16)14-25(30)28-22-15-24(33-4)23(32-3)13-20(22)26(31)29-11-7-8-12-29/h5-6,9-10,13,15H,7-8,11-12,14H2,1-4H3,(H,28,30). The summed E-state index contributed by atoms with van der Waals surface area (Å²) in [6, 6.07) is 11.2. The topological polar surface area (TPSA) is 80.8 Å². The number of likely N-dealkylation sites (tertiary alicyclic amines) is 1. The number of nitrogens with zero attached hydrogens (tertiary/aromatic N) is 2. The molecular weight excluding hydrogens is 418 g/mol. The number of benzene rings is 2. The van der Waals surface area contributed by atoms with Crippen LogP contribution in [0.1, 0.15) is 40.0 Å². The van der Waals surface area contributed by atoms with Crippen LogP contribution < -0.4 is 14.8 Å². The zero-order valence-corrected chi connectivity index (χ0v) is 19.5. The van der Waals surface area contributed by atoms with Gasteiger partial charge in [0.25, 0.3) is 5.91 Å². The van der Waals surface area contributed by atoms with Gasteiger partial charge in [-0.15, -0.1) is 0 Å². The molecule has 2 heterocycles. The second-order valence-corrected chi connectivity index (χ2v) is 8.29. The van der Waals surface area contributed by atoms with Crippen LogP contribution in [0, 0.1) is 13.8 Å². The highest BCUT2D eigenvalue weighted by molar-refractivity contribution is 6.05. The summed E-state index contributed by atoms with van der Waals surface area (Å²) < 4.78 is 10.8. The molecule has 0 atom stereocenters. The number of fused-ring (bicyclic) bond motifs is 1. The highest BCUT2D eigenvalue weighted by atomic mass is 16.5. The molecule has 3 aromatic rings. The van der Waals surface area contributed by atoms with Gasteiger partial charge < -0.3 is 19.7 Å². The Morgan fingerprint density at radius 3 is 2.39 bits per heavy atom. The van der Waals surface area contributed by atoms with Crippen LogP contribution in [0.3, 0.4) is 0 Å². The van der Waals surface area contributed by atoms with Gasteiger partial charge in [-0.3, -0.25) is 14.6 Å². The second-order valence-electron chi connectivity index (χ2n) is 8.29. The number of hydrogen-bond donors (Lipinski definition) is 1. The molecule has 0 unspecified atom stereocenters. The van der Waals surface area contributed by atoms with Gasteiger partial charge >= 0.3 is 0 Å². The molecule has 7 nitrogen and oxygen atoms in total. The second kappa shape index (κ2) is 9.48. The molecule has 0 bridgehead atoms. The number of aromatic nitrogens is 1. The Morgan fingerprint density at radius 2 is 1.70 bits per heavy atom. The van der Waals surface area contributed by atoms with E-state index in [9.17, 15) is 9.59 Å². The van der Waals surface area contributed by atoms with Gasteiger partial charge in [-0.05, 0) is 49.9 Å². The summed E-state index contributed by atoms with van der Waals surface area (Å²) in [5.41, 5.74) is 4.47. The van der Waals surface area contributed by atoms with Gasteiger partial charge in [-0.2, -0.15) is 0 Å². The number of methoxy groups -OCH3 is 2. The Bertz CT molecular complexity index is 1220. The molecule has 1 aromatic heterocycles.